The van der Waals surface area contributed by atoms with Crippen molar-refractivity contribution in [1.29, 1.82) is 0 Å². The first-order valence-electron chi connectivity index (χ1n) is 9.87. The maximum atomic E-state index is 12.2. The van der Waals surface area contributed by atoms with Crippen LogP contribution < -0.4 is 4.90 Å². The first-order chi connectivity index (χ1) is 14.6. The summed E-state index contributed by atoms with van der Waals surface area (Å²) in [5, 5.41) is 13.6. The second-order valence-electron chi connectivity index (χ2n) is 7.35. The molecule has 1 heterocycles. The molecule has 7 heteroatoms. The van der Waals surface area contributed by atoms with Crippen molar-refractivity contribution < 1.29 is 14.5 Å². The molecule has 3 aromatic rings. The van der Waals surface area contributed by atoms with Gasteiger partial charge in [0.15, 0.2) is 0 Å². The number of carbonyl (C=O) groups excluding carboxylic acids is 1. The van der Waals surface area contributed by atoms with Gasteiger partial charge >= 0.3 is 5.97 Å². The Hall–Kier alpha value is -3.45. The Morgan fingerprint density at radius 1 is 1.03 bits per heavy atom. The summed E-state index contributed by atoms with van der Waals surface area (Å²) in [7, 11) is 1.28. The highest BCUT2D eigenvalue weighted by Gasteiger charge is 2.24. The van der Waals surface area contributed by atoms with Gasteiger partial charge in [-0.1, -0.05) is 42.5 Å². The van der Waals surface area contributed by atoms with Crippen molar-refractivity contribution in [2.24, 2.45) is 0 Å². The van der Waals surface area contributed by atoms with Gasteiger partial charge in [-0.2, -0.15) is 0 Å². The molecule has 0 amide bonds. The third kappa shape index (κ3) is 3.97. The fourth-order valence-electron chi connectivity index (χ4n) is 4.00. The minimum atomic E-state index is -0.563. The topological polar surface area (TPSA) is 75.9 Å². The quantitative estimate of drug-likeness (QED) is 0.365. The van der Waals surface area contributed by atoms with Gasteiger partial charge in [-0.05, 0) is 22.4 Å². The van der Waals surface area contributed by atoms with E-state index in [1.54, 1.807) is 6.07 Å². The van der Waals surface area contributed by atoms with Crippen molar-refractivity contribution in [2.45, 2.75) is 6.54 Å². The van der Waals surface area contributed by atoms with Crippen LogP contribution in [0.1, 0.15) is 15.9 Å². The van der Waals surface area contributed by atoms with Crippen LogP contribution in [0.2, 0.25) is 0 Å². The van der Waals surface area contributed by atoms with E-state index in [2.05, 4.69) is 46.2 Å². The van der Waals surface area contributed by atoms with Crippen LogP contribution in [-0.2, 0) is 11.3 Å². The lowest BCUT2D eigenvalue weighted by molar-refractivity contribution is -0.384. The fraction of sp³-hybridized carbons (Fsp3) is 0.261. The molecular formula is C23H23N3O4. The summed E-state index contributed by atoms with van der Waals surface area (Å²) in [6, 6.07) is 19.1. The Morgan fingerprint density at radius 3 is 2.50 bits per heavy atom. The summed E-state index contributed by atoms with van der Waals surface area (Å²) >= 11 is 0. The molecule has 0 radical (unpaired) electrons. The molecule has 1 aliphatic rings. The number of esters is 1. The molecule has 0 spiro atoms. The SMILES string of the molecule is COC(=O)c1cc([N+](=O)[O-])ccc1N1CCN(Cc2cccc3ccccc23)CC1. The van der Waals surface area contributed by atoms with Gasteiger partial charge in [0.25, 0.3) is 5.69 Å². The van der Waals surface area contributed by atoms with Crippen molar-refractivity contribution in [3.63, 3.8) is 0 Å². The molecule has 4 rings (SSSR count). The molecule has 0 saturated carbocycles. The zero-order valence-corrected chi connectivity index (χ0v) is 16.8. The Balaban J connectivity index is 1.49. The minimum absolute atomic E-state index is 0.117. The first kappa shape index (κ1) is 19.8. The van der Waals surface area contributed by atoms with Crippen LogP contribution in [0.3, 0.4) is 0 Å². The molecule has 154 valence electrons. The highest BCUT2D eigenvalue weighted by Crippen LogP contribution is 2.28. The number of nitro benzene ring substituents is 1. The Kier molecular flexibility index (Phi) is 5.63. The van der Waals surface area contributed by atoms with Gasteiger partial charge < -0.3 is 9.64 Å². The lowest BCUT2D eigenvalue weighted by atomic mass is 10.0. The number of nitro groups is 1. The van der Waals surface area contributed by atoms with Crippen LogP contribution in [-0.4, -0.2) is 49.1 Å². The van der Waals surface area contributed by atoms with Gasteiger partial charge in [-0.15, -0.1) is 0 Å². The fourth-order valence-corrected chi connectivity index (χ4v) is 4.00. The number of fused-ring (bicyclic) bond motifs is 1. The van der Waals surface area contributed by atoms with Gasteiger partial charge in [-0.3, -0.25) is 15.0 Å². The molecule has 0 aromatic heterocycles. The van der Waals surface area contributed by atoms with Gasteiger partial charge in [0.05, 0.1) is 23.3 Å². The summed E-state index contributed by atoms with van der Waals surface area (Å²) in [5.74, 6) is -0.563. The van der Waals surface area contributed by atoms with Crippen molar-refractivity contribution in [2.75, 3.05) is 38.2 Å². The molecule has 1 saturated heterocycles. The molecule has 3 aromatic carbocycles. The standard InChI is InChI=1S/C23H23N3O4/c1-30-23(27)21-15-19(26(28)29)9-10-22(21)25-13-11-24(12-14-25)16-18-7-4-6-17-5-2-3-8-20(17)18/h2-10,15H,11-14,16H2,1H3. The molecule has 0 unspecified atom stereocenters. The van der Waals surface area contributed by atoms with Crippen LogP contribution in [0.15, 0.2) is 60.7 Å². The average molecular weight is 405 g/mol. The van der Waals surface area contributed by atoms with Gasteiger partial charge in [0.1, 0.15) is 0 Å². The van der Waals surface area contributed by atoms with E-state index < -0.39 is 10.9 Å². The predicted octanol–water partition coefficient (Wildman–Crippen LogP) is 3.86. The van der Waals surface area contributed by atoms with E-state index in [9.17, 15) is 14.9 Å². The molecule has 0 N–H and O–H groups in total. The number of non-ortho nitro benzene ring substituents is 1. The maximum Gasteiger partial charge on any atom is 0.340 e. The van der Waals surface area contributed by atoms with E-state index in [1.165, 1.54) is 35.6 Å². The van der Waals surface area contributed by atoms with Gasteiger partial charge in [0.2, 0.25) is 0 Å². The largest absolute Gasteiger partial charge is 0.465 e. The number of hydrogen-bond acceptors (Lipinski definition) is 6. The predicted molar refractivity (Wildman–Crippen MR) is 116 cm³/mol. The van der Waals surface area contributed by atoms with E-state index in [0.29, 0.717) is 5.69 Å². The van der Waals surface area contributed by atoms with Crippen LogP contribution in [0, 0.1) is 10.1 Å². The number of benzene rings is 3. The monoisotopic (exact) mass is 405 g/mol. The van der Waals surface area contributed by atoms with Crippen LogP contribution in [0.25, 0.3) is 10.8 Å². The number of anilines is 1. The summed E-state index contributed by atoms with van der Waals surface area (Å²) in [5.41, 5.74) is 2.09. The number of piperazine rings is 1. The lowest BCUT2D eigenvalue weighted by Crippen LogP contribution is -2.46. The number of nitrogens with zero attached hydrogens (tertiary/aromatic N) is 3. The van der Waals surface area contributed by atoms with Crippen molar-refractivity contribution in [3.05, 3.63) is 81.9 Å². The van der Waals surface area contributed by atoms with E-state index in [1.807, 2.05) is 6.07 Å². The van der Waals surface area contributed by atoms with E-state index in [-0.39, 0.29) is 11.3 Å². The summed E-state index contributed by atoms with van der Waals surface area (Å²) in [6.45, 7) is 3.99. The van der Waals surface area contributed by atoms with Crippen LogP contribution >= 0.6 is 0 Å². The highest BCUT2D eigenvalue weighted by atomic mass is 16.6. The number of ether oxygens (including phenoxy) is 1. The highest BCUT2D eigenvalue weighted by molar-refractivity contribution is 5.96. The third-order valence-corrected chi connectivity index (χ3v) is 5.58. The van der Waals surface area contributed by atoms with Crippen LogP contribution in [0.4, 0.5) is 11.4 Å². The number of carbonyl (C=O) groups is 1. The van der Waals surface area contributed by atoms with E-state index in [4.69, 9.17) is 4.74 Å². The molecule has 30 heavy (non-hydrogen) atoms. The molecule has 0 bridgehead atoms. The van der Waals surface area contributed by atoms with Crippen LogP contribution in [0.5, 0.6) is 0 Å². The maximum absolute atomic E-state index is 12.2. The minimum Gasteiger partial charge on any atom is -0.465 e. The Bertz CT molecular complexity index is 1090. The molecule has 7 nitrogen and oxygen atoms in total. The van der Waals surface area contributed by atoms with Crippen molar-refractivity contribution in [3.8, 4) is 0 Å². The molecular weight excluding hydrogens is 382 g/mol. The smallest absolute Gasteiger partial charge is 0.340 e. The van der Waals surface area contributed by atoms with Gasteiger partial charge in [0, 0.05) is 44.9 Å². The summed E-state index contributed by atoms with van der Waals surface area (Å²) in [6.07, 6.45) is 0. The zero-order chi connectivity index (χ0) is 21.1. The van der Waals surface area contributed by atoms with Gasteiger partial charge in [-0.25, -0.2) is 4.79 Å². The molecule has 1 aliphatic heterocycles. The first-order valence-corrected chi connectivity index (χ1v) is 9.87. The summed E-state index contributed by atoms with van der Waals surface area (Å²) < 4.78 is 4.84. The van der Waals surface area contributed by atoms with E-state index >= 15 is 0 Å². The number of rotatable bonds is 5. The molecule has 1 fully saturated rings. The Labute approximate surface area is 174 Å². The van der Waals surface area contributed by atoms with E-state index in [0.717, 1.165) is 32.7 Å². The second-order valence-corrected chi connectivity index (χ2v) is 7.35. The normalized spacial score (nSPS) is 14.6. The summed E-state index contributed by atoms with van der Waals surface area (Å²) in [4.78, 5) is 27.3. The average Bonchev–Trinajstić information content (AvgIpc) is 2.79. The van der Waals surface area contributed by atoms with Crippen molar-refractivity contribution in [1.82, 2.24) is 4.90 Å². The second kappa shape index (κ2) is 8.51. The molecule has 0 aliphatic carbocycles. The third-order valence-electron chi connectivity index (χ3n) is 5.58. The zero-order valence-electron chi connectivity index (χ0n) is 16.8. The Morgan fingerprint density at radius 2 is 1.77 bits per heavy atom. The van der Waals surface area contributed by atoms with Crippen molar-refractivity contribution >= 4 is 28.1 Å². The number of methoxy groups -OCH3 is 1. The lowest BCUT2D eigenvalue weighted by Gasteiger charge is -2.36. The molecule has 0 atom stereocenters. The number of hydrogen-bond donors (Lipinski definition) is 0.